The van der Waals surface area contributed by atoms with E-state index in [1.54, 1.807) is 0 Å². The highest BCUT2D eigenvalue weighted by Crippen LogP contribution is 2.39. The van der Waals surface area contributed by atoms with Crippen molar-refractivity contribution in [3.63, 3.8) is 0 Å². The van der Waals surface area contributed by atoms with Crippen LogP contribution in [0.5, 0.6) is 0 Å². The molecule has 0 bridgehead atoms. The predicted molar refractivity (Wildman–Crippen MR) is 77.8 cm³/mol. The lowest BCUT2D eigenvalue weighted by atomic mass is 10.1. The summed E-state index contributed by atoms with van der Waals surface area (Å²) in [5.41, 5.74) is 2.44. The van der Waals surface area contributed by atoms with Crippen LogP contribution in [-0.2, 0) is 6.54 Å². The summed E-state index contributed by atoms with van der Waals surface area (Å²) in [5, 5.41) is 0. The van der Waals surface area contributed by atoms with Crippen LogP contribution in [0.15, 0.2) is 26.1 Å². The largest absolute Gasteiger partial charge is 0.356 e. The topological polar surface area (TPSA) is 15.6 Å². The van der Waals surface area contributed by atoms with Crippen LogP contribution in [0.25, 0.3) is 0 Å². The van der Waals surface area contributed by atoms with Gasteiger partial charge < -0.3 is 4.90 Å². The van der Waals surface area contributed by atoms with Gasteiger partial charge in [-0.25, -0.2) is 4.99 Å². The van der Waals surface area contributed by atoms with E-state index in [4.69, 9.17) is 4.99 Å². The van der Waals surface area contributed by atoms with Crippen molar-refractivity contribution < 1.29 is 0 Å². The molecule has 0 spiro atoms. The number of rotatable bonds is 0. The van der Waals surface area contributed by atoms with Gasteiger partial charge in [-0.3, -0.25) is 0 Å². The lowest BCUT2D eigenvalue weighted by Crippen LogP contribution is -2.32. The van der Waals surface area contributed by atoms with Gasteiger partial charge in [0.05, 0.1) is 10.2 Å². The number of hydrogen-bond donors (Lipinski definition) is 0. The van der Waals surface area contributed by atoms with Crippen molar-refractivity contribution in [2.45, 2.75) is 32.2 Å². The van der Waals surface area contributed by atoms with Crippen molar-refractivity contribution in [2.75, 3.05) is 6.54 Å². The lowest BCUT2D eigenvalue weighted by Gasteiger charge is -2.29. The van der Waals surface area contributed by atoms with Crippen molar-refractivity contribution in [3.8, 4) is 0 Å². The number of fused-ring (bicyclic) bond motifs is 2. The summed E-state index contributed by atoms with van der Waals surface area (Å²) in [6, 6.07) is 4.27. The Hall–Kier alpha value is -0.350. The third kappa shape index (κ3) is 2.17. The third-order valence-corrected chi connectivity index (χ3v) is 5.44. The van der Waals surface area contributed by atoms with Crippen molar-refractivity contribution in [1.29, 1.82) is 0 Å². The number of amidine groups is 1. The first-order valence-corrected chi connectivity index (χ1v) is 7.64. The summed E-state index contributed by atoms with van der Waals surface area (Å²) in [4.78, 5) is 7.29. The first-order valence-electron chi connectivity index (χ1n) is 6.05. The van der Waals surface area contributed by atoms with E-state index in [0.717, 1.165) is 34.1 Å². The maximum Gasteiger partial charge on any atom is 0.105 e. The number of halogens is 2. The summed E-state index contributed by atoms with van der Waals surface area (Å²) in [6.45, 7) is 2.17. The van der Waals surface area contributed by atoms with Crippen LogP contribution in [-0.4, -0.2) is 17.3 Å². The first kappa shape index (κ1) is 11.7. The zero-order chi connectivity index (χ0) is 11.8. The Morgan fingerprint density at radius 1 is 1.12 bits per heavy atom. The van der Waals surface area contributed by atoms with Gasteiger partial charge in [-0.2, -0.15) is 0 Å². The third-order valence-electron chi connectivity index (χ3n) is 3.45. The molecule has 1 fully saturated rings. The van der Waals surface area contributed by atoms with Gasteiger partial charge in [-0.1, -0.05) is 12.5 Å². The summed E-state index contributed by atoms with van der Waals surface area (Å²) in [7, 11) is 0. The van der Waals surface area contributed by atoms with E-state index in [1.165, 1.54) is 30.7 Å². The van der Waals surface area contributed by atoms with E-state index in [-0.39, 0.29) is 0 Å². The fraction of sp³-hybridized carbons (Fsp3) is 0.462. The summed E-state index contributed by atoms with van der Waals surface area (Å²) < 4.78 is 2.18. The fourth-order valence-corrected chi connectivity index (χ4v) is 3.31. The fourth-order valence-electron chi connectivity index (χ4n) is 2.51. The Balaban J connectivity index is 2.06. The van der Waals surface area contributed by atoms with Crippen molar-refractivity contribution in [2.24, 2.45) is 4.99 Å². The van der Waals surface area contributed by atoms with Crippen molar-refractivity contribution in [1.82, 2.24) is 4.90 Å². The van der Waals surface area contributed by atoms with E-state index < -0.39 is 0 Å². The molecule has 4 heteroatoms. The lowest BCUT2D eigenvalue weighted by molar-refractivity contribution is 0.403. The zero-order valence-electron chi connectivity index (χ0n) is 9.55. The minimum Gasteiger partial charge on any atom is -0.356 e. The molecule has 0 saturated carbocycles. The molecule has 0 aromatic heterocycles. The van der Waals surface area contributed by atoms with E-state index in [2.05, 4.69) is 48.9 Å². The standard InChI is InChI=1S/C13H14Br2N2/c14-10-6-5-9-8-17-7-3-1-2-4-11(17)16-13(9)12(10)15/h5-6H,1-4,7-8H2. The minimum atomic E-state index is 1.01. The van der Waals surface area contributed by atoms with Crippen LogP contribution in [0.2, 0.25) is 0 Å². The Kier molecular flexibility index (Phi) is 3.26. The molecule has 0 amide bonds. The molecule has 0 N–H and O–H groups in total. The van der Waals surface area contributed by atoms with Crippen LogP contribution < -0.4 is 0 Å². The highest BCUT2D eigenvalue weighted by Gasteiger charge is 2.23. The Morgan fingerprint density at radius 3 is 2.88 bits per heavy atom. The quantitative estimate of drug-likeness (QED) is 0.660. The second-order valence-electron chi connectivity index (χ2n) is 4.63. The van der Waals surface area contributed by atoms with Gasteiger partial charge in [0.2, 0.25) is 0 Å². The Labute approximate surface area is 118 Å². The van der Waals surface area contributed by atoms with Crippen LogP contribution in [0.1, 0.15) is 31.2 Å². The number of benzene rings is 1. The van der Waals surface area contributed by atoms with E-state index in [9.17, 15) is 0 Å². The predicted octanol–water partition coefficient (Wildman–Crippen LogP) is 4.63. The summed E-state index contributed by atoms with van der Waals surface area (Å²) in [6.07, 6.45) is 5.03. The zero-order valence-corrected chi connectivity index (χ0v) is 12.7. The highest BCUT2D eigenvalue weighted by molar-refractivity contribution is 9.13. The van der Waals surface area contributed by atoms with Crippen LogP contribution in [0.4, 0.5) is 5.69 Å². The molecule has 0 radical (unpaired) electrons. The van der Waals surface area contributed by atoms with Crippen LogP contribution in [0.3, 0.4) is 0 Å². The normalized spacial score (nSPS) is 19.2. The molecular formula is C13H14Br2N2. The molecular weight excluding hydrogens is 344 g/mol. The van der Waals surface area contributed by atoms with Crippen LogP contribution in [0, 0.1) is 0 Å². The SMILES string of the molecule is Brc1ccc2c(c1Br)N=C1CCCCCN1C2. The van der Waals surface area contributed by atoms with Gasteiger partial charge in [0.15, 0.2) is 0 Å². The molecule has 17 heavy (non-hydrogen) atoms. The molecule has 90 valence electrons. The summed E-state index contributed by atoms with van der Waals surface area (Å²) >= 11 is 7.18. The van der Waals surface area contributed by atoms with E-state index >= 15 is 0 Å². The molecule has 0 atom stereocenters. The smallest absolute Gasteiger partial charge is 0.105 e. The van der Waals surface area contributed by atoms with Gasteiger partial charge in [0.25, 0.3) is 0 Å². The molecule has 3 rings (SSSR count). The maximum atomic E-state index is 4.85. The van der Waals surface area contributed by atoms with Crippen molar-refractivity contribution in [3.05, 3.63) is 26.6 Å². The molecule has 1 aromatic rings. The molecule has 2 heterocycles. The molecule has 1 saturated heterocycles. The Bertz CT molecular complexity index is 483. The number of nitrogens with zero attached hydrogens (tertiary/aromatic N) is 2. The summed E-state index contributed by atoms with van der Waals surface area (Å²) in [5.74, 6) is 1.27. The molecule has 0 unspecified atom stereocenters. The second-order valence-corrected chi connectivity index (χ2v) is 6.28. The Morgan fingerprint density at radius 2 is 2.00 bits per heavy atom. The van der Waals surface area contributed by atoms with Gasteiger partial charge in [-0.15, -0.1) is 0 Å². The number of aliphatic imine (C=N–C) groups is 1. The van der Waals surface area contributed by atoms with Crippen LogP contribution >= 0.6 is 31.9 Å². The molecule has 2 nitrogen and oxygen atoms in total. The van der Waals surface area contributed by atoms with Crippen molar-refractivity contribution >= 4 is 43.4 Å². The van der Waals surface area contributed by atoms with Gasteiger partial charge in [-0.05, 0) is 56.3 Å². The molecule has 1 aromatic carbocycles. The monoisotopic (exact) mass is 356 g/mol. The van der Waals surface area contributed by atoms with Gasteiger partial charge in [0, 0.05) is 24.0 Å². The maximum absolute atomic E-state index is 4.85. The molecule has 2 aliphatic rings. The average molecular weight is 358 g/mol. The van der Waals surface area contributed by atoms with E-state index in [0.29, 0.717) is 0 Å². The number of hydrogen-bond acceptors (Lipinski definition) is 2. The highest BCUT2D eigenvalue weighted by atomic mass is 79.9. The van der Waals surface area contributed by atoms with Gasteiger partial charge >= 0.3 is 0 Å². The minimum absolute atomic E-state index is 1.01. The first-order chi connectivity index (χ1) is 8.25. The van der Waals surface area contributed by atoms with E-state index in [1.807, 2.05) is 0 Å². The van der Waals surface area contributed by atoms with Gasteiger partial charge in [0.1, 0.15) is 5.84 Å². The average Bonchev–Trinajstić information content (AvgIpc) is 2.57. The second kappa shape index (κ2) is 4.73. The molecule has 2 aliphatic heterocycles. The molecule has 0 aliphatic carbocycles.